The van der Waals surface area contributed by atoms with Crippen LogP contribution in [0.1, 0.15) is 18.1 Å². The number of aryl methyl sites for hydroxylation is 1. The molecule has 1 atom stereocenters. The van der Waals surface area contributed by atoms with Crippen LogP contribution in [0.15, 0.2) is 71.7 Å². The van der Waals surface area contributed by atoms with Crippen molar-refractivity contribution in [1.82, 2.24) is 9.80 Å². The average Bonchev–Trinajstić information content (AvgIpc) is 3.00. The molecule has 1 N–H and O–H groups in total. The van der Waals surface area contributed by atoms with Crippen molar-refractivity contribution >= 4 is 23.2 Å². The number of para-hydroxylation sites is 1. The average molecular weight is 457 g/mol. The Labute approximate surface area is 199 Å². The summed E-state index contributed by atoms with van der Waals surface area (Å²) in [6.45, 7) is 5.99. The van der Waals surface area contributed by atoms with Gasteiger partial charge < -0.3 is 24.6 Å². The molecule has 2 heterocycles. The summed E-state index contributed by atoms with van der Waals surface area (Å²) in [4.78, 5) is 22.1. The van der Waals surface area contributed by atoms with E-state index in [2.05, 4.69) is 17.1 Å². The second-order valence-corrected chi connectivity index (χ2v) is 8.66. The summed E-state index contributed by atoms with van der Waals surface area (Å²) in [6.07, 6.45) is 0. The van der Waals surface area contributed by atoms with Gasteiger partial charge in [-0.25, -0.2) is 9.79 Å². The lowest BCUT2D eigenvalue weighted by Gasteiger charge is -2.41. The number of amidine groups is 1. The summed E-state index contributed by atoms with van der Waals surface area (Å²) in [5, 5.41) is 3.00. The Morgan fingerprint density at radius 2 is 1.88 bits per heavy atom. The van der Waals surface area contributed by atoms with E-state index in [1.54, 1.807) is 7.11 Å². The van der Waals surface area contributed by atoms with Crippen LogP contribution >= 0.6 is 0 Å². The first-order valence-corrected chi connectivity index (χ1v) is 11.4. The minimum atomic E-state index is -0.0904. The van der Waals surface area contributed by atoms with Gasteiger partial charge in [-0.3, -0.25) is 0 Å². The highest BCUT2D eigenvalue weighted by Crippen LogP contribution is 2.40. The number of nitrogens with one attached hydrogen (secondary N) is 1. The highest BCUT2D eigenvalue weighted by atomic mass is 16.5. The van der Waals surface area contributed by atoms with Crippen LogP contribution in [0.2, 0.25) is 0 Å². The maximum atomic E-state index is 12.9. The van der Waals surface area contributed by atoms with E-state index in [0.717, 1.165) is 45.6 Å². The minimum Gasteiger partial charge on any atom is -0.497 e. The molecule has 1 fully saturated rings. The molecule has 0 spiro atoms. The molecule has 2 amide bonds. The molecule has 7 nitrogen and oxygen atoms in total. The van der Waals surface area contributed by atoms with Gasteiger partial charge in [-0.05, 0) is 61.9 Å². The van der Waals surface area contributed by atoms with E-state index in [0.29, 0.717) is 19.6 Å². The van der Waals surface area contributed by atoms with Gasteiger partial charge in [0, 0.05) is 31.4 Å². The van der Waals surface area contributed by atoms with Crippen LogP contribution in [-0.2, 0) is 0 Å². The Kier molecular flexibility index (Phi) is 5.84. The maximum Gasteiger partial charge on any atom is 0.322 e. The van der Waals surface area contributed by atoms with Crippen LogP contribution in [0.25, 0.3) is 0 Å². The zero-order valence-electron chi connectivity index (χ0n) is 19.6. The molecule has 0 aromatic heterocycles. The number of rotatable bonds is 2. The molecule has 3 aromatic rings. The third-order valence-corrected chi connectivity index (χ3v) is 6.20. The summed E-state index contributed by atoms with van der Waals surface area (Å²) in [5.41, 5.74) is 3.56. The van der Waals surface area contributed by atoms with Crippen molar-refractivity contribution in [1.29, 1.82) is 0 Å². The Balaban J connectivity index is 1.43. The van der Waals surface area contributed by atoms with Gasteiger partial charge in [0.25, 0.3) is 0 Å². The van der Waals surface area contributed by atoms with Gasteiger partial charge in [0.15, 0.2) is 5.75 Å². The van der Waals surface area contributed by atoms with Crippen molar-refractivity contribution in [3.05, 3.63) is 77.9 Å². The second-order valence-electron chi connectivity index (χ2n) is 8.66. The molecule has 3 aromatic carbocycles. The van der Waals surface area contributed by atoms with E-state index in [4.69, 9.17) is 14.5 Å². The Morgan fingerprint density at radius 1 is 1.06 bits per heavy atom. The highest BCUT2D eigenvalue weighted by Gasteiger charge is 2.32. The number of ether oxygens (including phenoxy) is 2. The first kappa shape index (κ1) is 21.8. The predicted octanol–water partition coefficient (Wildman–Crippen LogP) is 5.43. The zero-order valence-corrected chi connectivity index (χ0v) is 19.6. The number of carbonyl (C=O) groups excluding carboxylic acids is 1. The minimum absolute atomic E-state index is 0.00382. The zero-order chi connectivity index (χ0) is 23.7. The Bertz CT molecular complexity index is 1240. The molecule has 0 bridgehead atoms. The third-order valence-electron chi connectivity index (χ3n) is 6.20. The quantitative estimate of drug-likeness (QED) is 0.559. The van der Waals surface area contributed by atoms with Crippen LogP contribution in [0.5, 0.6) is 17.2 Å². The van der Waals surface area contributed by atoms with Crippen LogP contribution in [-0.4, -0.2) is 54.5 Å². The highest BCUT2D eigenvalue weighted by molar-refractivity contribution is 6.04. The lowest BCUT2D eigenvalue weighted by Crippen LogP contribution is -2.56. The molecule has 1 saturated heterocycles. The third kappa shape index (κ3) is 4.29. The predicted molar refractivity (Wildman–Crippen MR) is 134 cm³/mol. The van der Waals surface area contributed by atoms with Crippen LogP contribution in [0.4, 0.5) is 16.2 Å². The van der Waals surface area contributed by atoms with E-state index in [1.165, 1.54) is 0 Å². The summed E-state index contributed by atoms with van der Waals surface area (Å²) in [6, 6.07) is 21.3. The molecule has 7 heteroatoms. The Hall–Kier alpha value is -4.00. The largest absolute Gasteiger partial charge is 0.497 e. The van der Waals surface area contributed by atoms with Crippen molar-refractivity contribution in [3.8, 4) is 17.2 Å². The number of urea groups is 1. The fourth-order valence-electron chi connectivity index (χ4n) is 4.40. The van der Waals surface area contributed by atoms with Gasteiger partial charge >= 0.3 is 6.03 Å². The molecule has 0 saturated carbocycles. The second kappa shape index (κ2) is 9.09. The summed E-state index contributed by atoms with van der Waals surface area (Å²) in [5.74, 6) is 3.04. The molecular weight excluding hydrogens is 428 g/mol. The van der Waals surface area contributed by atoms with Crippen molar-refractivity contribution < 1.29 is 14.3 Å². The first-order chi connectivity index (χ1) is 16.5. The lowest BCUT2D eigenvalue weighted by atomic mass is 10.1. The van der Waals surface area contributed by atoms with Gasteiger partial charge in [0.2, 0.25) is 0 Å². The summed E-state index contributed by atoms with van der Waals surface area (Å²) in [7, 11) is 1.65. The number of aliphatic imine (C=N–C) groups is 1. The number of piperazine rings is 1. The molecule has 2 aliphatic heterocycles. The van der Waals surface area contributed by atoms with Gasteiger partial charge in [-0.2, -0.15) is 0 Å². The Morgan fingerprint density at radius 3 is 2.65 bits per heavy atom. The molecule has 174 valence electrons. The molecule has 5 rings (SSSR count). The van der Waals surface area contributed by atoms with E-state index >= 15 is 0 Å². The molecule has 0 aliphatic carbocycles. The maximum absolute atomic E-state index is 12.9. The molecular formula is C27H28N4O3. The van der Waals surface area contributed by atoms with Crippen molar-refractivity contribution in [2.75, 3.05) is 32.1 Å². The van der Waals surface area contributed by atoms with Crippen LogP contribution < -0.4 is 14.8 Å². The standard InChI is InChI=1S/C27H28N4O3/c1-18-9-11-23-25(15-18)34-24-12-10-21(33-3)16-22(24)26(29-23)30-13-14-31(19(2)17-30)27(32)28-20-7-5-4-6-8-20/h4-12,15-16,19H,13-14,17H2,1-3H3,(H,28,32)/t19-/m0/s1. The number of carbonyl (C=O) groups is 1. The van der Waals surface area contributed by atoms with Crippen LogP contribution in [0.3, 0.4) is 0 Å². The van der Waals surface area contributed by atoms with Gasteiger partial charge in [0.05, 0.1) is 12.7 Å². The van der Waals surface area contributed by atoms with Crippen molar-refractivity contribution in [2.24, 2.45) is 4.99 Å². The number of methoxy groups -OCH3 is 1. The van der Waals surface area contributed by atoms with E-state index in [1.807, 2.05) is 78.6 Å². The molecule has 2 aliphatic rings. The van der Waals surface area contributed by atoms with Gasteiger partial charge in [0.1, 0.15) is 23.0 Å². The number of amides is 2. The van der Waals surface area contributed by atoms with E-state index in [-0.39, 0.29) is 12.1 Å². The fraction of sp³-hybridized carbons (Fsp3) is 0.259. The number of fused-ring (bicyclic) bond motifs is 2. The van der Waals surface area contributed by atoms with E-state index < -0.39 is 0 Å². The number of anilines is 1. The lowest BCUT2D eigenvalue weighted by molar-refractivity contribution is 0.145. The smallest absolute Gasteiger partial charge is 0.322 e. The SMILES string of the molecule is COc1ccc2c(c1)C(N1CCN(C(=O)Nc3ccccc3)[C@@H](C)C1)=Nc1ccc(C)cc1O2. The summed E-state index contributed by atoms with van der Waals surface area (Å²) < 4.78 is 11.8. The molecule has 0 radical (unpaired) electrons. The number of benzene rings is 3. The topological polar surface area (TPSA) is 66.4 Å². The first-order valence-electron chi connectivity index (χ1n) is 11.4. The van der Waals surface area contributed by atoms with Gasteiger partial charge in [-0.15, -0.1) is 0 Å². The normalized spacial score (nSPS) is 17.0. The number of hydrogen-bond acceptors (Lipinski definition) is 5. The van der Waals surface area contributed by atoms with Crippen molar-refractivity contribution in [3.63, 3.8) is 0 Å². The van der Waals surface area contributed by atoms with Crippen molar-refractivity contribution in [2.45, 2.75) is 19.9 Å². The summed E-state index contributed by atoms with van der Waals surface area (Å²) >= 11 is 0. The van der Waals surface area contributed by atoms with Crippen LogP contribution in [0, 0.1) is 6.92 Å². The molecule has 34 heavy (non-hydrogen) atoms. The van der Waals surface area contributed by atoms with E-state index in [9.17, 15) is 4.79 Å². The number of nitrogens with zero attached hydrogens (tertiary/aromatic N) is 3. The number of hydrogen-bond donors (Lipinski definition) is 1. The monoisotopic (exact) mass is 456 g/mol. The van der Waals surface area contributed by atoms with Gasteiger partial charge in [-0.1, -0.05) is 24.3 Å². The fourth-order valence-corrected chi connectivity index (χ4v) is 4.40. The molecule has 0 unspecified atom stereocenters.